The van der Waals surface area contributed by atoms with E-state index >= 15 is 0 Å². The average molecular weight is 336 g/mol. The maximum atomic E-state index is 12.5. The van der Waals surface area contributed by atoms with Crippen molar-refractivity contribution < 1.29 is 18.0 Å². The van der Waals surface area contributed by atoms with Gasteiger partial charge in [-0.05, 0) is 25.5 Å². The summed E-state index contributed by atoms with van der Waals surface area (Å²) in [5.41, 5.74) is 0.354. The number of rotatable bonds is 3. The Kier molecular flexibility index (Phi) is 3.88. The van der Waals surface area contributed by atoms with E-state index in [0.29, 0.717) is 18.0 Å². The van der Waals surface area contributed by atoms with Gasteiger partial charge in [0.05, 0.1) is 23.3 Å². The Morgan fingerprint density at radius 1 is 1.39 bits per heavy atom. The van der Waals surface area contributed by atoms with Crippen molar-refractivity contribution in [2.75, 3.05) is 16.8 Å². The minimum absolute atomic E-state index is 0.0425. The lowest BCUT2D eigenvalue weighted by Gasteiger charge is -2.19. The summed E-state index contributed by atoms with van der Waals surface area (Å²) >= 11 is 0. The molecule has 1 aromatic heterocycles. The number of sulfone groups is 1. The van der Waals surface area contributed by atoms with E-state index in [4.69, 9.17) is 0 Å². The lowest BCUT2D eigenvalue weighted by Crippen LogP contribution is -2.40. The molecule has 0 bridgehead atoms. The standard InChI is InChI=1S/C14H16N4O4S/c1-9-12(13(19)16-11-4-2-3-6-15-11)14(20)18(17-9)10-5-7-23(21,22)8-10/h2-4,6,10,12H,5,7-8H2,1H3,(H,15,16,19)/t10-,12-/m1/s1. The molecule has 2 aliphatic rings. The van der Waals surface area contributed by atoms with Crippen molar-refractivity contribution in [1.29, 1.82) is 0 Å². The van der Waals surface area contributed by atoms with Gasteiger partial charge in [-0.15, -0.1) is 0 Å². The highest BCUT2D eigenvalue weighted by atomic mass is 32.2. The summed E-state index contributed by atoms with van der Waals surface area (Å²) in [6.07, 6.45) is 1.88. The number of carbonyl (C=O) groups is 2. The Morgan fingerprint density at radius 2 is 2.17 bits per heavy atom. The highest BCUT2D eigenvalue weighted by Crippen LogP contribution is 2.25. The molecule has 0 saturated carbocycles. The first-order chi connectivity index (χ1) is 10.9. The van der Waals surface area contributed by atoms with Gasteiger partial charge in [-0.25, -0.2) is 18.4 Å². The number of nitrogens with zero attached hydrogens (tertiary/aromatic N) is 3. The molecule has 1 saturated heterocycles. The molecule has 0 radical (unpaired) electrons. The number of pyridine rings is 1. The largest absolute Gasteiger partial charge is 0.310 e. The molecular weight excluding hydrogens is 320 g/mol. The molecule has 2 amide bonds. The number of nitrogens with one attached hydrogen (secondary N) is 1. The van der Waals surface area contributed by atoms with Crippen LogP contribution < -0.4 is 5.32 Å². The van der Waals surface area contributed by atoms with Crippen molar-refractivity contribution in [3.8, 4) is 0 Å². The quantitative estimate of drug-likeness (QED) is 0.784. The third kappa shape index (κ3) is 3.09. The fourth-order valence-corrected chi connectivity index (χ4v) is 4.45. The van der Waals surface area contributed by atoms with Gasteiger partial charge in [0.2, 0.25) is 5.91 Å². The number of amides is 2. The molecule has 3 rings (SSSR count). The van der Waals surface area contributed by atoms with Crippen LogP contribution in [0.5, 0.6) is 0 Å². The zero-order valence-corrected chi connectivity index (χ0v) is 13.3. The van der Waals surface area contributed by atoms with Gasteiger partial charge < -0.3 is 5.32 Å². The van der Waals surface area contributed by atoms with Crippen LogP contribution in [0.25, 0.3) is 0 Å². The van der Waals surface area contributed by atoms with E-state index in [9.17, 15) is 18.0 Å². The van der Waals surface area contributed by atoms with E-state index in [2.05, 4.69) is 15.4 Å². The molecule has 1 fully saturated rings. The highest BCUT2D eigenvalue weighted by molar-refractivity contribution is 7.91. The van der Waals surface area contributed by atoms with E-state index in [0.717, 1.165) is 5.01 Å². The van der Waals surface area contributed by atoms with Crippen molar-refractivity contribution in [3.05, 3.63) is 24.4 Å². The molecule has 1 N–H and O–H groups in total. The van der Waals surface area contributed by atoms with Gasteiger partial charge in [0.15, 0.2) is 15.8 Å². The Hall–Kier alpha value is -2.29. The maximum absolute atomic E-state index is 12.5. The number of carbonyl (C=O) groups excluding carboxylic acids is 2. The summed E-state index contributed by atoms with van der Waals surface area (Å²) in [6.45, 7) is 1.59. The van der Waals surface area contributed by atoms with Crippen LogP contribution in [0.4, 0.5) is 5.82 Å². The second kappa shape index (κ2) is 5.73. The molecule has 2 aliphatic heterocycles. The minimum atomic E-state index is -3.13. The lowest BCUT2D eigenvalue weighted by atomic mass is 10.0. The Balaban J connectivity index is 1.74. The summed E-state index contributed by atoms with van der Waals surface area (Å²) in [4.78, 5) is 28.8. The van der Waals surface area contributed by atoms with E-state index < -0.39 is 33.6 Å². The topological polar surface area (TPSA) is 109 Å². The van der Waals surface area contributed by atoms with Crippen molar-refractivity contribution in [1.82, 2.24) is 9.99 Å². The molecule has 0 unspecified atom stereocenters. The van der Waals surface area contributed by atoms with Crippen LogP contribution in [0.2, 0.25) is 0 Å². The first-order valence-corrected chi connectivity index (χ1v) is 9.00. The van der Waals surface area contributed by atoms with Gasteiger partial charge in [0.25, 0.3) is 5.91 Å². The van der Waals surface area contributed by atoms with Gasteiger partial charge in [0.1, 0.15) is 5.82 Å². The predicted molar refractivity (Wildman–Crippen MR) is 83.4 cm³/mol. The minimum Gasteiger partial charge on any atom is -0.310 e. The van der Waals surface area contributed by atoms with E-state index in [1.165, 1.54) is 6.20 Å². The van der Waals surface area contributed by atoms with Crippen molar-refractivity contribution >= 4 is 33.2 Å². The zero-order chi connectivity index (χ0) is 16.6. The lowest BCUT2D eigenvalue weighted by molar-refractivity contribution is -0.137. The Morgan fingerprint density at radius 3 is 2.78 bits per heavy atom. The third-order valence-electron chi connectivity index (χ3n) is 3.89. The van der Waals surface area contributed by atoms with Gasteiger partial charge in [-0.1, -0.05) is 6.07 Å². The third-order valence-corrected chi connectivity index (χ3v) is 5.64. The molecule has 1 aromatic rings. The number of anilines is 1. The molecule has 2 atom stereocenters. The van der Waals surface area contributed by atoms with Gasteiger partial charge in [-0.2, -0.15) is 5.10 Å². The number of hydrogen-bond donors (Lipinski definition) is 1. The molecule has 0 spiro atoms. The number of hydrazone groups is 1. The maximum Gasteiger partial charge on any atom is 0.261 e. The summed E-state index contributed by atoms with van der Waals surface area (Å²) in [5.74, 6) is -1.76. The Labute approximate surface area is 133 Å². The number of hydrogen-bond acceptors (Lipinski definition) is 6. The molecule has 0 aromatic carbocycles. The number of aromatic nitrogens is 1. The molecule has 122 valence electrons. The van der Waals surface area contributed by atoms with E-state index in [-0.39, 0.29) is 11.5 Å². The SMILES string of the molecule is CC1=NN([C@@H]2CCS(=O)(=O)C2)C(=O)[C@H]1C(=O)Nc1ccccn1. The van der Waals surface area contributed by atoms with Gasteiger partial charge in [0, 0.05) is 6.20 Å². The fourth-order valence-electron chi connectivity index (χ4n) is 2.75. The smallest absolute Gasteiger partial charge is 0.261 e. The van der Waals surface area contributed by atoms with Crippen LogP contribution in [-0.4, -0.2) is 53.5 Å². The average Bonchev–Trinajstić information content (AvgIpc) is 2.99. The van der Waals surface area contributed by atoms with Crippen LogP contribution >= 0.6 is 0 Å². The molecule has 8 nitrogen and oxygen atoms in total. The fraction of sp³-hybridized carbons (Fsp3) is 0.429. The summed E-state index contributed by atoms with van der Waals surface area (Å²) in [6, 6.07) is 4.56. The molecular formula is C14H16N4O4S. The molecule has 23 heavy (non-hydrogen) atoms. The van der Waals surface area contributed by atoms with Crippen LogP contribution in [-0.2, 0) is 19.4 Å². The van der Waals surface area contributed by atoms with Crippen LogP contribution in [0.1, 0.15) is 13.3 Å². The molecule has 9 heteroatoms. The Bertz CT molecular complexity index is 775. The molecule has 3 heterocycles. The van der Waals surface area contributed by atoms with Gasteiger partial charge in [-0.3, -0.25) is 9.59 Å². The predicted octanol–water partition coefficient (Wildman–Crippen LogP) is 0.0415. The van der Waals surface area contributed by atoms with E-state index in [1.807, 2.05) is 0 Å². The highest BCUT2D eigenvalue weighted by Gasteiger charge is 2.44. The molecule has 0 aliphatic carbocycles. The van der Waals surface area contributed by atoms with Crippen molar-refractivity contribution in [2.24, 2.45) is 11.0 Å². The monoisotopic (exact) mass is 336 g/mol. The van der Waals surface area contributed by atoms with Crippen molar-refractivity contribution in [3.63, 3.8) is 0 Å². The van der Waals surface area contributed by atoms with Crippen LogP contribution in [0, 0.1) is 5.92 Å². The second-order valence-corrected chi connectivity index (χ2v) is 7.85. The van der Waals surface area contributed by atoms with E-state index in [1.54, 1.807) is 25.1 Å². The van der Waals surface area contributed by atoms with Gasteiger partial charge >= 0.3 is 0 Å². The normalized spacial score (nSPS) is 26.2. The first-order valence-electron chi connectivity index (χ1n) is 7.18. The van der Waals surface area contributed by atoms with Crippen LogP contribution in [0.3, 0.4) is 0 Å². The summed E-state index contributed by atoms with van der Waals surface area (Å²) in [5, 5.41) is 7.85. The van der Waals surface area contributed by atoms with Crippen LogP contribution in [0.15, 0.2) is 29.5 Å². The second-order valence-electron chi connectivity index (χ2n) is 5.62. The van der Waals surface area contributed by atoms with Crippen molar-refractivity contribution in [2.45, 2.75) is 19.4 Å². The zero-order valence-electron chi connectivity index (χ0n) is 12.5. The first kappa shape index (κ1) is 15.6. The summed E-state index contributed by atoms with van der Waals surface area (Å²) in [7, 11) is -3.13. The summed E-state index contributed by atoms with van der Waals surface area (Å²) < 4.78 is 23.1.